The number of unbranched alkanes of at least 4 members (excludes halogenated alkanes) is 1. The molecule has 2 fully saturated rings. The van der Waals surface area contributed by atoms with Gasteiger partial charge in [0.25, 0.3) is 0 Å². The van der Waals surface area contributed by atoms with E-state index >= 15 is 0 Å². The van der Waals surface area contributed by atoms with E-state index in [4.69, 9.17) is 18.9 Å². The second-order valence-corrected chi connectivity index (χ2v) is 13.3. The van der Waals surface area contributed by atoms with E-state index in [2.05, 4.69) is 5.10 Å². The van der Waals surface area contributed by atoms with Crippen molar-refractivity contribution in [2.45, 2.75) is 117 Å². The number of carbonyl (C=O) groups excluding carboxylic acids is 5. The van der Waals surface area contributed by atoms with E-state index in [0.29, 0.717) is 43.8 Å². The van der Waals surface area contributed by atoms with Gasteiger partial charge in [-0.1, -0.05) is 5.01 Å². The minimum atomic E-state index is -0.960. The lowest BCUT2D eigenvalue weighted by atomic mass is 9.91. The van der Waals surface area contributed by atoms with Crippen LogP contribution in [0.4, 0.5) is 14.4 Å². The van der Waals surface area contributed by atoms with Gasteiger partial charge >= 0.3 is 24.2 Å². The molecule has 2 aliphatic rings. The van der Waals surface area contributed by atoms with E-state index in [0.717, 1.165) is 0 Å². The Morgan fingerprint density at radius 3 is 1.90 bits per heavy atom. The molecule has 2 aliphatic heterocycles. The number of esters is 1. The first-order chi connectivity index (χ1) is 18.7. The Balaban J connectivity index is 1.83. The van der Waals surface area contributed by atoms with Crippen LogP contribution in [0.1, 0.15) is 94.4 Å². The number of piperidine rings is 1. The quantitative estimate of drug-likeness (QED) is 0.140. The zero-order valence-electron chi connectivity index (χ0n) is 25.9. The molecule has 0 aromatic heterocycles. The van der Waals surface area contributed by atoms with Gasteiger partial charge in [-0.3, -0.25) is 14.5 Å². The smallest absolute Gasteiger partial charge is 0.441 e. The van der Waals surface area contributed by atoms with Crippen molar-refractivity contribution in [1.82, 2.24) is 14.8 Å². The van der Waals surface area contributed by atoms with Gasteiger partial charge in [-0.15, -0.1) is 0 Å². The summed E-state index contributed by atoms with van der Waals surface area (Å²) in [6, 6.07) is 0. The van der Waals surface area contributed by atoms with E-state index in [-0.39, 0.29) is 25.4 Å². The molecule has 0 atom stereocenters. The summed E-state index contributed by atoms with van der Waals surface area (Å²) in [6.07, 6.45) is 0.863. The molecule has 0 aliphatic carbocycles. The van der Waals surface area contributed by atoms with Gasteiger partial charge in [-0.25, -0.2) is 14.4 Å². The maximum absolute atomic E-state index is 12.8. The molecule has 2 rings (SSSR count). The van der Waals surface area contributed by atoms with Crippen molar-refractivity contribution in [2.24, 2.45) is 5.10 Å². The number of rotatable bonds is 7. The first-order valence-electron chi connectivity index (χ1n) is 13.9. The Morgan fingerprint density at radius 2 is 1.41 bits per heavy atom. The third-order valence-electron chi connectivity index (χ3n) is 5.86. The van der Waals surface area contributed by atoms with Gasteiger partial charge < -0.3 is 23.8 Å². The molecule has 0 radical (unpaired) electrons. The van der Waals surface area contributed by atoms with Crippen molar-refractivity contribution >= 4 is 36.4 Å². The number of hydrazone groups is 1. The molecule has 2 heterocycles. The molecule has 4 amide bonds. The van der Waals surface area contributed by atoms with Gasteiger partial charge in [-0.2, -0.15) is 5.10 Å². The normalized spacial score (nSPS) is 17.4. The molecule has 0 unspecified atom stereocenters. The Bertz CT molecular complexity index is 985. The molecule has 13 nitrogen and oxygen atoms in total. The van der Waals surface area contributed by atoms with Crippen LogP contribution in [0.15, 0.2) is 5.10 Å². The van der Waals surface area contributed by atoms with Crippen LogP contribution in [0, 0.1) is 0 Å². The van der Waals surface area contributed by atoms with E-state index in [9.17, 15) is 24.0 Å². The summed E-state index contributed by atoms with van der Waals surface area (Å²) >= 11 is 0. The largest absolute Gasteiger partial charge is 0.459 e. The van der Waals surface area contributed by atoms with Crippen molar-refractivity contribution < 1.29 is 42.9 Å². The number of hydrogen-bond donors (Lipinski definition) is 0. The number of imide groups is 1. The van der Waals surface area contributed by atoms with Crippen LogP contribution in [0.5, 0.6) is 0 Å². The molecular formula is C28H46N4O9. The van der Waals surface area contributed by atoms with Crippen molar-refractivity contribution in [1.29, 1.82) is 0 Å². The summed E-state index contributed by atoms with van der Waals surface area (Å²) in [6.45, 7) is 16.3. The number of likely N-dealkylation sites (tertiary alicyclic amines) is 1. The zero-order valence-corrected chi connectivity index (χ0v) is 25.9. The Kier molecular flexibility index (Phi) is 10.8. The number of amides is 4. The molecule has 0 N–H and O–H groups in total. The van der Waals surface area contributed by atoms with Crippen LogP contribution < -0.4 is 0 Å². The molecule has 2 saturated heterocycles. The highest BCUT2D eigenvalue weighted by molar-refractivity contribution is 5.88. The predicted octanol–water partition coefficient (Wildman–Crippen LogP) is 4.47. The summed E-state index contributed by atoms with van der Waals surface area (Å²) in [5, 5.41) is 4.49. The fourth-order valence-corrected chi connectivity index (χ4v) is 4.19. The molecular weight excluding hydrogens is 536 g/mol. The lowest BCUT2D eigenvalue weighted by molar-refractivity contribution is -0.155. The first kappa shape index (κ1) is 33.8. The number of ether oxygens (including phenoxy) is 4. The van der Waals surface area contributed by atoms with Gasteiger partial charge in [0.15, 0.2) is 0 Å². The zero-order chi connectivity index (χ0) is 31.2. The molecule has 41 heavy (non-hydrogen) atoms. The Morgan fingerprint density at radius 1 is 0.902 bits per heavy atom. The Labute approximate surface area is 242 Å². The van der Waals surface area contributed by atoms with Crippen LogP contribution in [-0.2, 0) is 28.5 Å². The van der Waals surface area contributed by atoms with E-state index < -0.39 is 46.7 Å². The molecule has 1 spiro atoms. The summed E-state index contributed by atoms with van der Waals surface area (Å²) in [5.41, 5.74) is -3.04. The molecule has 0 aromatic carbocycles. The standard InChI is InChI=1S/C28H46N4O9/c1-25(2,3)38-21(34)18-31-19-28(41-22(31)35)13-16-30(17-14-28)20(33)12-10-11-15-29-32(23(36)39-26(4,5)6)24(37)40-27(7,8)9/h15H,10-14,16-19H2,1-9H3. The van der Waals surface area contributed by atoms with Crippen LogP contribution in [0.3, 0.4) is 0 Å². The highest BCUT2D eigenvalue weighted by Crippen LogP contribution is 2.33. The third kappa shape index (κ3) is 11.6. The molecule has 0 saturated carbocycles. The summed E-state index contributed by atoms with van der Waals surface area (Å²) in [5.74, 6) is -0.553. The molecule has 232 valence electrons. The van der Waals surface area contributed by atoms with Crippen LogP contribution >= 0.6 is 0 Å². The second-order valence-electron chi connectivity index (χ2n) is 13.3. The summed E-state index contributed by atoms with van der Waals surface area (Å²) in [4.78, 5) is 65.4. The fraction of sp³-hybridized carbons (Fsp3) is 0.786. The van der Waals surface area contributed by atoms with Gasteiger partial charge in [0.2, 0.25) is 5.91 Å². The number of hydrogen-bond acceptors (Lipinski definition) is 10. The van der Waals surface area contributed by atoms with Gasteiger partial charge in [0.1, 0.15) is 28.9 Å². The van der Waals surface area contributed by atoms with Gasteiger partial charge in [0.05, 0.1) is 6.54 Å². The second kappa shape index (κ2) is 13.1. The number of nitrogens with zero attached hydrogens (tertiary/aromatic N) is 4. The van der Waals surface area contributed by atoms with Crippen molar-refractivity contribution in [3.63, 3.8) is 0 Å². The van der Waals surface area contributed by atoms with Crippen LogP contribution in [0.25, 0.3) is 0 Å². The average Bonchev–Trinajstić information content (AvgIpc) is 3.06. The Hall–Kier alpha value is -3.38. The van der Waals surface area contributed by atoms with Crippen LogP contribution in [0.2, 0.25) is 0 Å². The summed E-state index contributed by atoms with van der Waals surface area (Å²) in [7, 11) is 0. The van der Waals surface area contributed by atoms with E-state index in [1.54, 1.807) is 67.2 Å². The average molecular weight is 583 g/mol. The minimum Gasteiger partial charge on any atom is -0.459 e. The van der Waals surface area contributed by atoms with Crippen LogP contribution in [-0.4, -0.2) is 99.8 Å². The monoisotopic (exact) mass is 582 g/mol. The fourth-order valence-electron chi connectivity index (χ4n) is 4.19. The summed E-state index contributed by atoms with van der Waals surface area (Å²) < 4.78 is 21.5. The van der Waals surface area contributed by atoms with E-state index in [1.165, 1.54) is 11.1 Å². The van der Waals surface area contributed by atoms with E-state index in [1.807, 2.05) is 0 Å². The lowest BCUT2D eigenvalue weighted by Gasteiger charge is -2.37. The molecule has 0 aromatic rings. The highest BCUT2D eigenvalue weighted by Gasteiger charge is 2.48. The third-order valence-corrected chi connectivity index (χ3v) is 5.86. The predicted molar refractivity (Wildman–Crippen MR) is 149 cm³/mol. The first-order valence-corrected chi connectivity index (χ1v) is 13.9. The van der Waals surface area contributed by atoms with Gasteiger partial charge in [0, 0.05) is 38.6 Å². The minimum absolute atomic E-state index is 0.0562. The topological polar surface area (TPSA) is 144 Å². The molecule has 0 bridgehead atoms. The molecule has 13 heteroatoms. The highest BCUT2D eigenvalue weighted by atomic mass is 16.6. The lowest BCUT2D eigenvalue weighted by Crippen LogP contribution is -2.49. The SMILES string of the molecule is CC(C)(C)OC(=O)CN1CC2(CCN(C(=O)CCCC=NN(C(=O)OC(C)(C)C)C(=O)OC(C)(C)C)CC2)OC1=O. The van der Waals surface area contributed by atoms with Crippen molar-refractivity contribution in [3.8, 4) is 0 Å². The van der Waals surface area contributed by atoms with Gasteiger partial charge in [-0.05, 0) is 75.2 Å². The number of carbonyl (C=O) groups is 5. The van der Waals surface area contributed by atoms with Crippen molar-refractivity contribution in [2.75, 3.05) is 26.2 Å². The maximum Gasteiger partial charge on any atom is 0.441 e. The van der Waals surface area contributed by atoms with Crippen molar-refractivity contribution in [3.05, 3.63) is 0 Å². The maximum atomic E-state index is 12.8.